The first-order valence-electron chi connectivity index (χ1n) is 7.73. The zero-order valence-electron chi connectivity index (χ0n) is 13.2. The van der Waals surface area contributed by atoms with Crippen molar-refractivity contribution in [1.29, 1.82) is 5.26 Å². The number of aryl methyl sites for hydroxylation is 1. The Bertz CT molecular complexity index is 845. The topological polar surface area (TPSA) is 36.7 Å². The molecule has 2 aromatic carbocycles. The summed E-state index contributed by atoms with van der Waals surface area (Å²) in [4.78, 5) is 4.77. The van der Waals surface area contributed by atoms with Gasteiger partial charge in [0.15, 0.2) is 0 Å². The van der Waals surface area contributed by atoms with Crippen LogP contribution >= 0.6 is 0 Å². The fourth-order valence-electron chi connectivity index (χ4n) is 2.70. The van der Waals surface area contributed by atoms with E-state index < -0.39 is 0 Å². The molecular weight excluding hydrogens is 280 g/mol. The van der Waals surface area contributed by atoms with Gasteiger partial charge in [0, 0.05) is 24.2 Å². The lowest BCUT2D eigenvalue weighted by Gasteiger charge is -2.07. The van der Waals surface area contributed by atoms with Crippen molar-refractivity contribution in [3.05, 3.63) is 100 Å². The van der Waals surface area contributed by atoms with E-state index in [0.29, 0.717) is 0 Å². The Hall–Kier alpha value is -2.92. The van der Waals surface area contributed by atoms with Crippen molar-refractivity contribution in [2.45, 2.75) is 19.8 Å². The quantitative estimate of drug-likeness (QED) is 0.714. The van der Waals surface area contributed by atoms with Crippen LogP contribution in [-0.4, -0.2) is 4.98 Å². The maximum absolute atomic E-state index is 9.01. The minimum atomic E-state index is 0.736. The number of hydrogen-bond donors (Lipinski definition) is 0. The molecule has 1 aromatic heterocycles. The van der Waals surface area contributed by atoms with E-state index >= 15 is 0 Å². The number of pyridine rings is 1. The molecule has 2 nitrogen and oxygen atoms in total. The lowest BCUT2D eigenvalue weighted by atomic mass is 10.0. The third-order valence-electron chi connectivity index (χ3n) is 3.89. The molecule has 0 amide bonds. The molecule has 0 radical (unpaired) electrons. The predicted molar refractivity (Wildman–Crippen MR) is 92.2 cm³/mol. The van der Waals surface area contributed by atoms with E-state index in [1.807, 2.05) is 25.1 Å². The first kappa shape index (κ1) is 15.0. The molecule has 0 aliphatic carbocycles. The first-order chi connectivity index (χ1) is 11.2. The van der Waals surface area contributed by atoms with Crippen LogP contribution in [0.4, 0.5) is 0 Å². The second-order valence-electron chi connectivity index (χ2n) is 5.72. The standard InChI is InChI=1S/C21H18N2/c1-16-12-18(10-11-19(16)15-22)14-21-9-5-8-20(23-21)13-17-6-3-2-4-7-17/h2-12H,13-14H2,1H3. The van der Waals surface area contributed by atoms with Crippen LogP contribution in [-0.2, 0) is 12.8 Å². The minimum absolute atomic E-state index is 0.736. The maximum atomic E-state index is 9.01. The van der Waals surface area contributed by atoms with Crippen molar-refractivity contribution in [2.75, 3.05) is 0 Å². The van der Waals surface area contributed by atoms with Gasteiger partial charge in [-0.25, -0.2) is 0 Å². The lowest BCUT2D eigenvalue weighted by molar-refractivity contribution is 0.991. The van der Waals surface area contributed by atoms with Gasteiger partial charge in [0.2, 0.25) is 0 Å². The van der Waals surface area contributed by atoms with Crippen LogP contribution in [0.25, 0.3) is 0 Å². The van der Waals surface area contributed by atoms with Gasteiger partial charge in [-0.05, 0) is 41.8 Å². The number of hydrogen-bond acceptors (Lipinski definition) is 2. The van der Waals surface area contributed by atoms with Crippen molar-refractivity contribution >= 4 is 0 Å². The molecule has 3 rings (SSSR count). The maximum Gasteiger partial charge on any atom is 0.0994 e. The van der Waals surface area contributed by atoms with E-state index in [1.165, 1.54) is 11.1 Å². The lowest BCUT2D eigenvalue weighted by Crippen LogP contribution is -1.98. The van der Waals surface area contributed by atoms with Gasteiger partial charge in [-0.3, -0.25) is 4.98 Å². The summed E-state index contributed by atoms with van der Waals surface area (Å²) in [5.74, 6) is 0. The molecule has 2 heteroatoms. The fraction of sp³-hybridized carbons (Fsp3) is 0.143. The molecular formula is C21H18N2. The van der Waals surface area contributed by atoms with Gasteiger partial charge in [0.05, 0.1) is 11.6 Å². The number of nitrogens with zero attached hydrogens (tertiary/aromatic N) is 2. The average Bonchev–Trinajstić information content (AvgIpc) is 2.56. The average molecular weight is 298 g/mol. The van der Waals surface area contributed by atoms with Crippen LogP contribution < -0.4 is 0 Å². The molecule has 112 valence electrons. The van der Waals surface area contributed by atoms with Crippen molar-refractivity contribution in [1.82, 2.24) is 4.98 Å². The van der Waals surface area contributed by atoms with E-state index in [0.717, 1.165) is 35.4 Å². The second kappa shape index (κ2) is 6.89. The summed E-state index contributed by atoms with van der Waals surface area (Å²) in [6, 6.07) is 24.8. The molecule has 0 spiro atoms. The summed E-state index contributed by atoms with van der Waals surface area (Å²) in [5, 5.41) is 9.01. The molecule has 0 fully saturated rings. The highest BCUT2D eigenvalue weighted by molar-refractivity contribution is 5.40. The van der Waals surface area contributed by atoms with E-state index in [-0.39, 0.29) is 0 Å². The van der Waals surface area contributed by atoms with Crippen LogP contribution in [0.2, 0.25) is 0 Å². The molecule has 0 aliphatic rings. The fourth-order valence-corrected chi connectivity index (χ4v) is 2.70. The normalized spacial score (nSPS) is 10.3. The van der Waals surface area contributed by atoms with Gasteiger partial charge in [0.1, 0.15) is 0 Å². The third kappa shape index (κ3) is 3.84. The van der Waals surface area contributed by atoms with Crippen molar-refractivity contribution in [2.24, 2.45) is 0 Å². The summed E-state index contributed by atoms with van der Waals surface area (Å²) in [7, 11) is 0. The molecule has 0 atom stereocenters. The van der Waals surface area contributed by atoms with Crippen LogP contribution in [0.15, 0.2) is 66.7 Å². The molecule has 0 bridgehead atoms. The zero-order chi connectivity index (χ0) is 16.1. The first-order valence-corrected chi connectivity index (χ1v) is 7.73. The monoisotopic (exact) mass is 298 g/mol. The summed E-state index contributed by atoms with van der Waals surface area (Å²) in [6.45, 7) is 1.97. The predicted octanol–water partition coefficient (Wildman–Crippen LogP) is 4.44. The van der Waals surface area contributed by atoms with Crippen LogP contribution in [0, 0.1) is 18.3 Å². The van der Waals surface area contributed by atoms with Crippen LogP contribution in [0.5, 0.6) is 0 Å². The SMILES string of the molecule is Cc1cc(Cc2cccc(Cc3ccccc3)n2)ccc1C#N. The molecule has 0 saturated heterocycles. The number of benzene rings is 2. The Balaban J connectivity index is 1.78. The van der Waals surface area contributed by atoms with Crippen molar-refractivity contribution in [3.63, 3.8) is 0 Å². The highest BCUT2D eigenvalue weighted by atomic mass is 14.7. The van der Waals surface area contributed by atoms with E-state index in [9.17, 15) is 0 Å². The molecule has 0 aliphatic heterocycles. The molecule has 3 aromatic rings. The van der Waals surface area contributed by atoms with Crippen molar-refractivity contribution < 1.29 is 0 Å². The highest BCUT2D eigenvalue weighted by Gasteiger charge is 2.04. The molecule has 0 N–H and O–H groups in total. The van der Waals surface area contributed by atoms with Crippen LogP contribution in [0.3, 0.4) is 0 Å². The number of aromatic nitrogens is 1. The van der Waals surface area contributed by atoms with E-state index in [4.69, 9.17) is 10.2 Å². The Morgan fingerprint density at radius 3 is 2.17 bits per heavy atom. The Morgan fingerprint density at radius 1 is 0.826 bits per heavy atom. The van der Waals surface area contributed by atoms with Gasteiger partial charge >= 0.3 is 0 Å². The van der Waals surface area contributed by atoms with E-state index in [1.54, 1.807) is 0 Å². The van der Waals surface area contributed by atoms with Crippen LogP contribution in [0.1, 0.15) is 33.6 Å². The number of rotatable bonds is 4. The summed E-state index contributed by atoms with van der Waals surface area (Å²) in [6.07, 6.45) is 1.64. The van der Waals surface area contributed by atoms with Crippen molar-refractivity contribution in [3.8, 4) is 6.07 Å². The molecule has 1 heterocycles. The zero-order valence-corrected chi connectivity index (χ0v) is 13.2. The Morgan fingerprint density at radius 2 is 1.52 bits per heavy atom. The van der Waals surface area contributed by atoms with Gasteiger partial charge in [0.25, 0.3) is 0 Å². The summed E-state index contributed by atoms with van der Waals surface area (Å²) in [5.41, 5.74) is 6.35. The van der Waals surface area contributed by atoms with Gasteiger partial charge in [-0.2, -0.15) is 5.26 Å². The molecule has 23 heavy (non-hydrogen) atoms. The van der Waals surface area contributed by atoms with Gasteiger partial charge in [-0.15, -0.1) is 0 Å². The molecule has 0 saturated carbocycles. The van der Waals surface area contributed by atoms with Gasteiger partial charge < -0.3 is 0 Å². The second-order valence-corrected chi connectivity index (χ2v) is 5.72. The van der Waals surface area contributed by atoms with E-state index in [2.05, 4.69) is 54.6 Å². The smallest absolute Gasteiger partial charge is 0.0994 e. The third-order valence-corrected chi connectivity index (χ3v) is 3.89. The number of nitriles is 1. The highest BCUT2D eigenvalue weighted by Crippen LogP contribution is 2.14. The summed E-state index contributed by atoms with van der Waals surface area (Å²) >= 11 is 0. The Labute approximate surface area is 137 Å². The largest absolute Gasteiger partial charge is 0.257 e. The minimum Gasteiger partial charge on any atom is -0.257 e. The Kier molecular flexibility index (Phi) is 4.49. The van der Waals surface area contributed by atoms with Gasteiger partial charge in [-0.1, -0.05) is 48.5 Å². The molecule has 0 unspecified atom stereocenters. The summed E-state index contributed by atoms with van der Waals surface area (Å²) < 4.78 is 0.